The van der Waals surface area contributed by atoms with Gasteiger partial charge in [0.05, 0.1) is 18.8 Å². The summed E-state index contributed by atoms with van der Waals surface area (Å²) in [5.41, 5.74) is 0.329. The maximum Gasteiger partial charge on any atom is 0.387 e. The van der Waals surface area contributed by atoms with Gasteiger partial charge >= 0.3 is 6.61 Å². The van der Waals surface area contributed by atoms with Crippen molar-refractivity contribution in [2.24, 2.45) is 0 Å². The Morgan fingerprint density at radius 1 is 1.57 bits per heavy atom. The molecule has 2 unspecified atom stereocenters. The highest BCUT2D eigenvalue weighted by Crippen LogP contribution is 2.20. The summed E-state index contributed by atoms with van der Waals surface area (Å²) in [5, 5.41) is 0.637. The van der Waals surface area contributed by atoms with Gasteiger partial charge in [-0.2, -0.15) is 8.78 Å². The van der Waals surface area contributed by atoms with Crippen molar-refractivity contribution in [3.63, 3.8) is 0 Å². The highest BCUT2D eigenvalue weighted by atomic mass is 79.9. The van der Waals surface area contributed by atoms with E-state index >= 15 is 0 Å². The van der Waals surface area contributed by atoms with Gasteiger partial charge in [-0.25, -0.2) is 0 Å². The number of carbonyl (C=O) groups excluding carboxylic acids is 1. The molecule has 2 atom stereocenters. The van der Waals surface area contributed by atoms with Crippen molar-refractivity contribution in [1.29, 1.82) is 0 Å². The van der Waals surface area contributed by atoms with Crippen LogP contribution < -0.4 is 4.74 Å². The van der Waals surface area contributed by atoms with Gasteiger partial charge in [-0.05, 0) is 25.1 Å². The lowest BCUT2D eigenvalue weighted by Crippen LogP contribution is -2.51. The Morgan fingerprint density at radius 3 is 3.00 bits per heavy atom. The lowest BCUT2D eigenvalue weighted by molar-refractivity contribution is -0.0500. The first kappa shape index (κ1) is 16.2. The molecule has 4 nitrogen and oxygen atoms in total. The summed E-state index contributed by atoms with van der Waals surface area (Å²) in [4.78, 5) is 14.2. The number of carbonyl (C=O) groups is 1. The first-order chi connectivity index (χ1) is 10.0. The monoisotopic (exact) mass is 363 g/mol. The van der Waals surface area contributed by atoms with Gasteiger partial charge in [0.1, 0.15) is 5.75 Å². The molecule has 1 heterocycles. The van der Waals surface area contributed by atoms with E-state index in [1.54, 1.807) is 11.0 Å². The van der Waals surface area contributed by atoms with Gasteiger partial charge in [0.25, 0.3) is 5.91 Å². The Hall–Kier alpha value is -1.21. The third kappa shape index (κ3) is 4.14. The highest BCUT2D eigenvalue weighted by molar-refractivity contribution is 9.09. The van der Waals surface area contributed by atoms with Crippen LogP contribution in [0, 0.1) is 0 Å². The van der Waals surface area contributed by atoms with Crippen molar-refractivity contribution in [3.8, 4) is 5.75 Å². The maximum atomic E-state index is 12.5. The summed E-state index contributed by atoms with van der Waals surface area (Å²) < 4.78 is 34.3. The van der Waals surface area contributed by atoms with Crippen LogP contribution in [0.1, 0.15) is 17.3 Å². The van der Waals surface area contributed by atoms with E-state index in [4.69, 9.17) is 4.74 Å². The summed E-state index contributed by atoms with van der Waals surface area (Å²) in [6.45, 7) is -0.0992. The number of halogens is 3. The van der Waals surface area contributed by atoms with Gasteiger partial charge in [0.15, 0.2) is 0 Å². The fourth-order valence-electron chi connectivity index (χ4n) is 2.16. The van der Waals surface area contributed by atoms with E-state index in [-0.39, 0.29) is 23.8 Å². The summed E-state index contributed by atoms with van der Waals surface area (Å²) >= 11 is 3.34. The van der Waals surface area contributed by atoms with Crippen LogP contribution in [0.3, 0.4) is 0 Å². The van der Waals surface area contributed by atoms with Gasteiger partial charge in [-0.3, -0.25) is 4.79 Å². The molecule has 0 aromatic heterocycles. The molecule has 1 aliphatic rings. The van der Waals surface area contributed by atoms with Crippen molar-refractivity contribution in [2.75, 3.05) is 18.5 Å². The number of alkyl halides is 3. The Balaban J connectivity index is 2.14. The molecule has 0 bridgehead atoms. The number of benzene rings is 1. The van der Waals surface area contributed by atoms with Crippen molar-refractivity contribution in [2.45, 2.75) is 25.7 Å². The first-order valence-electron chi connectivity index (χ1n) is 6.54. The minimum absolute atomic E-state index is 0.0196. The topological polar surface area (TPSA) is 38.8 Å². The van der Waals surface area contributed by atoms with Crippen molar-refractivity contribution < 1.29 is 23.0 Å². The zero-order chi connectivity index (χ0) is 15.4. The molecule has 1 amide bonds. The van der Waals surface area contributed by atoms with Crippen LogP contribution in [0.25, 0.3) is 0 Å². The predicted octanol–water partition coefficient (Wildman–Crippen LogP) is 2.91. The molecule has 0 N–H and O–H groups in total. The molecule has 1 saturated heterocycles. The van der Waals surface area contributed by atoms with Crippen LogP contribution in [0.2, 0.25) is 0 Å². The number of nitrogens with zero attached hydrogens (tertiary/aromatic N) is 1. The second-order valence-electron chi connectivity index (χ2n) is 4.82. The third-order valence-corrected chi connectivity index (χ3v) is 3.97. The average Bonchev–Trinajstić information content (AvgIpc) is 2.46. The molecular weight excluding hydrogens is 348 g/mol. The van der Waals surface area contributed by atoms with Gasteiger partial charge in [0, 0.05) is 17.4 Å². The molecule has 0 spiro atoms. The number of hydrogen-bond donors (Lipinski definition) is 0. The van der Waals surface area contributed by atoms with Gasteiger partial charge in [-0.1, -0.05) is 22.0 Å². The van der Waals surface area contributed by atoms with Crippen molar-refractivity contribution >= 4 is 21.8 Å². The number of amides is 1. The Labute approximate surface area is 130 Å². The maximum absolute atomic E-state index is 12.5. The minimum atomic E-state index is -2.91. The van der Waals surface area contributed by atoms with Crippen LogP contribution in [0.15, 0.2) is 24.3 Å². The molecule has 1 fully saturated rings. The van der Waals surface area contributed by atoms with E-state index in [0.717, 1.165) is 0 Å². The fourth-order valence-corrected chi connectivity index (χ4v) is 2.56. The van der Waals surface area contributed by atoms with Crippen LogP contribution in [0.4, 0.5) is 8.78 Å². The third-order valence-electron chi connectivity index (χ3n) is 3.24. The van der Waals surface area contributed by atoms with Crippen molar-refractivity contribution in [3.05, 3.63) is 29.8 Å². The van der Waals surface area contributed by atoms with Crippen molar-refractivity contribution in [1.82, 2.24) is 4.90 Å². The smallest absolute Gasteiger partial charge is 0.387 e. The lowest BCUT2D eigenvalue weighted by atomic mass is 10.1. The van der Waals surface area contributed by atoms with E-state index < -0.39 is 6.61 Å². The number of ether oxygens (including phenoxy) is 2. The zero-order valence-electron chi connectivity index (χ0n) is 11.5. The molecule has 2 rings (SSSR count). The van der Waals surface area contributed by atoms with E-state index in [1.165, 1.54) is 18.2 Å². The first-order valence-corrected chi connectivity index (χ1v) is 7.66. The molecular formula is C14H16BrF2NO3. The normalized spacial score (nSPS) is 22.4. The summed E-state index contributed by atoms with van der Waals surface area (Å²) in [5.74, 6) is -0.231. The summed E-state index contributed by atoms with van der Waals surface area (Å²) in [7, 11) is 0. The lowest BCUT2D eigenvalue weighted by Gasteiger charge is -2.37. The van der Waals surface area contributed by atoms with Crippen LogP contribution >= 0.6 is 15.9 Å². The molecule has 1 aromatic rings. The van der Waals surface area contributed by atoms with Crippen LogP contribution in [-0.2, 0) is 4.74 Å². The fraction of sp³-hybridized carbons (Fsp3) is 0.500. The van der Waals surface area contributed by atoms with Gasteiger partial charge in [0.2, 0.25) is 0 Å². The quantitative estimate of drug-likeness (QED) is 0.772. The second kappa shape index (κ2) is 7.17. The molecule has 0 aliphatic carbocycles. The summed E-state index contributed by atoms with van der Waals surface area (Å²) in [6.07, 6.45) is -0.0642. The number of hydrogen-bond acceptors (Lipinski definition) is 3. The average molecular weight is 364 g/mol. The van der Waals surface area contributed by atoms with Gasteiger partial charge < -0.3 is 14.4 Å². The Bertz CT molecular complexity index is 501. The number of rotatable bonds is 4. The molecule has 1 aliphatic heterocycles. The largest absolute Gasteiger partial charge is 0.435 e. The SMILES string of the molecule is CC1COC(CBr)CN1C(=O)c1cccc(OC(F)F)c1. The molecule has 1 aromatic carbocycles. The highest BCUT2D eigenvalue weighted by Gasteiger charge is 2.29. The van der Waals surface area contributed by atoms with E-state index in [1.807, 2.05) is 6.92 Å². The predicted molar refractivity (Wildman–Crippen MR) is 77.1 cm³/mol. The Morgan fingerprint density at radius 2 is 2.33 bits per heavy atom. The van der Waals surface area contributed by atoms with E-state index in [2.05, 4.69) is 20.7 Å². The van der Waals surface area contributed by atoms with Gasteiger partial charge in [-0.15, -0.1) is 0 Å². The molecule has 7 heteroatoms. The standard InChI is InChI=1S/C14H16BrF2NO3/c1-9-8-20-12(6-15)7-18(9)13(19)10-3-2-4-11(5-10)21-14(16)17/h2-5,9,12,14H,6-8H2,1H3. The zero-order valence-corrected chi connectivity index (χ0v) is 13.1. The van der Waals surface area contributed by atoms with Crippen LogP contribution in [-0.4, -0.2) is 48.0 Å². The molecule has 21 heavy (non-hydrogen) atoms. The molecule has 0 saturated carbocycles. The van der Waals surface area contributed by atoms with Crippen LogP contribution in [0.5, 0.6) is 5.75 Å². The molecule has 0 radical (unpaired) electrons. The van der Waals surface area contributed by atoms with E-state index in [0.29, 0.717) is 24.0 Å². The molecule has 116 valence electrons. The number of morpholine rings is 1. The second-order valence-corrected chi connectivity index (χ2v) is 5.47. The minimum Gasteiger partial charge on any atom is -0.435 e. The van der Waals surface area contributed by atoms with E-state index in [9.17, 15) is 13.6 Å². The summed E-state index contributed by atoms with van der Waals surface area (Å²) in [6, 6.07) is 5.78. The Kier molecular flexibility index (Phi) is 5.52.